The monoisotopic (exact) mass is 317 g/mol. The zero-order valence-electron chi connectivity index (χ0n) is 11.7. The first kappa shape index (κ1) is 14.3. The molecule has 0 saturated carbocycles. The second kappa shape index (κ2) is 5.98. The molecule has 0 aliphatic rings. The topological polar surface area (TPSA) is 85.8 Å². The van der Waals surface area contributed by atoms with E-state index in [0.29, 0.717) is 22.9 Å². The van der Waals surface area contributed by atoms with Gasteiger partial charge in [-0.15, -0.1) is 0 Å². The minimum atomic E-state index is -0.384. The average molecular weight is 318 g/mol. The van der Waals surface area contributed by atoms with Crippen LogP contribution in [0.4, 0.5) is 5.69 Å². The maximum Gasteiger partial charge on any atom is 0.279 e. The van der Waals surface area contributed by atoms with Gasteiger partial charge in [-0.2, -0.15) is 5.10 Å². The quantitative estimate of drug-likeness (QED) is 0.799. The summed E-state index contributed by atoms with van der Waals surface area (Å²) in [6.45, 7) is 2.23. The van der Waals surface area contributed by atoms with E-state index >= 15 is 0 Å². The molecule has 8 heteroatoms. The Balaban J connectivity index is 1.67. The Morgan fingerprint density at radius 3 is 2.77 bits per heavy atom. The van der Waals surface area contributed by atoms with Gasteiger partial charge in [0.05, 0.1) is 18.4 Å². The van der Waals surface area contributed by atoms with Gasteiger partial charge in [0, 0.05) is 11.2 Å². The molecular weight excluding hydrogens is 306 g/mol. The van der Waals surface area contributed by atoms with Gasteiger partial charge in [0.25, 0.3) is 5.91 Å². The molecule has 0 aliphatic heterocycles. The summed E-state index contributed by atoms with van der Waals surface area (Å²) < 4.78 is 6.22. The Bertz CT molecular complexity index is 794. The van der Waals surface area contributed by atoms with Crippen LogP contribution in [0.5, 0.6) is 0 Å². The summed E-state index contributed by atoms with van der Waals surface area (Å²) in [6, 6.07) is 7.49. The van der Waals surface area contributed by atoms with Crippen LogP contribution in [0.1, 0.15) is 21.7 Å². The van der Waals surface area contributed by atoms with E-state index in [1.807, 2.05) is 24.3 Å². The lowest BCUT2D eigenvalue weighted by atomic mass is 10.2. The molecule has 3 rings (SSSR count). The molecule has 0 bridgehead atoms. The third-order valence-electron chi connectivity index (χ3n) is 3.02. The minimum Gasteiger partial charge on any atom is -0.318 e. The van der Waals surface area contributed by atoms with Crippen LogP contribution in [0.3, 0.4) is 0 Å². The minimum absolute atomic E-state index is 0.158. The van der Waals surface area contributed by atoms with Crippen LogP contribution in [0.15, 0.2) is 41.3 Å². The molecule has 0 aliphatic carbocycles. The van der Waals surface area contributed by atoms with Crippen molar-refractivity contribution in [1.82, 2.24) is 20.1 Å². The van der Waals surface area contributed by atoms with Crippen LogP contribution in [-0.4, -0.2) is 26.0 Å². The number of nitrogens with one attached hydrogen (secondary N) is 1. The van der Waals surface area contributed by atoms with Crippen LogP contribution in [-0.2, 0) is 6.54 Å². The molecule has 22 heavy (non-hydrogen) atoms. The lowest BCUT2D eigenvalue weighted by Crippen LogP contribution is -2.13. The van der Waals surface area contributed by atoms with Crippen molar-refractivity contribution in [2.75, 3.05) is 5.32 Å². The van der Waals surface area contributed by atoms with Crippen molar-refractivity contribution in [1.29, 1.82) is 0 Å². The summed E-state index contributed by atoms with van der Waals surface area (Å²) in [5.74, 6) is -0.384. The molecule has 0 radical (unpaired) electrons. The summed E-state index contributed by atoms with van der Waals surface area (Å²) in [4.78, 5) is 12.0. The zero-order chi connectivity index (χ0) is 15.5. The molecule has 2 heterocycles. The fourth-order valence-corrected chi connectivity index (χ4v) is 2.05. The highest BCUT2D eigenvalue weighted by molar-refractivity contribution is 6.30. The second-order valence-electron chi connectivity index (χ2n) is 4.71. The number of carbonyl (C=O) groups is 1. The molecule has 7 nitrogen and oxygen atoms in total. The van der Waals surface area contributed by atoms with E-state index in [1.165, 1.54) is 0 Å². The largest absolute Gasteiger partial charge is 0.318 e. The fourth-order valence-electron chi connectivity index (χ4n) is 1.92. The maximum atomic E-state index is 12.0. The smallest absolute Gasteiger partial charge is 0.279 e. The van der Waals surface area contributed by atoms with Crippen molar-refractivity contribution in [2.24, 2.45) is 0 Å². The number of aromatic nitrogens is 4. The van der Waals surface area contributed by atoms with E-state index in [9.17, 15) is 4.79 Å². The van der Waals surface area contributed by atoms with E-state index in [2.05, 4.69) is 25.4 Å². The fraction of sp³-hybridized carbons (Fsp3) is 0.143. The van der Waals surface area contributed by atoms with Crippen molar-refractivity contribution in [3.05, 3.63) is 58.6 Å². The number of hydrogen-bond acceptors (Lipinski definition) is 5. The average Bonchev–Trinajstić information content (AvgIpc) is 3.10. The van der Waals surface area contributed by atoms with Gasteiger partial charge in [-0.25, -0.2) is 4.63 Å². The van der Waals surface area contributed by atoms with Crippen LogP contribution in [0.2, 0.25) is 5.02 Å². The molecule has 0 fully saturated rings. The standard InChI is InChI=1S/C14H12ClN5O2/c1-9-13(19-22-18-9)14(21)17-12-6-16-20(8-12)7-10-2-4-11(15)5-3-10/h2-6,8H,7H2,1H3,(H,17,21). The Morgan fingerprint density at radius 1 is 1.32 bits per heavy atom. The Labute approximate surface area is 130 Å². The first-order chi connectivity index (χ1) is 10.6. The van der Waals surface area contributed by atoms with Gasteiger partial charge in [0.2, 0.25) is 0 Å². The van der Waals surface area contributed by atoms with E-state index < -0.39 is 0 Å². The van der Waals surface area contributed by atoms with Crippen molar-refractivity contribution in [2.45, 2.75) is 13.5 Å². The molecule has 1 aromatic carbocycles. The van der Waals surface area contributed by atoms with Crippen molar-refractivity contribution < 1.29 is 9.42 Å². The zero-order valence-corrected chi connectivity index (χ0v) is 12.4. The number of aryl methyl sites for hydroxylation is 1. The van der Waals surface area contributed by atoms with E-state index in [-0.39, 0.29) is 11.6 Å². The molecule has 112 valence electrons. The number of rotatable bonds is 4. The predicted octanol–water partition coefficient (Wildman–Crippen LogP) is 2.53. The first-order valence-corrected chi connectivity index (χ1v) is 6.87. The van der Waals surface area contributed by atoms with Crippen LogP contribution >= 0.6 is 11.6 Å². The van der Waals surface area contributed by atoms with Gasteiger partial charge in [-0.3, -0.25) is 9.48 Å². The third-order valence-corrected chi connectivity index (χ3v) is 3.27. The number of amides is 1. The number of benzene rings is 1. The van der Waals surface area contributed by atoms with Gasteiger partial charge in [-0.1, -0.05) is 28.9 Å². The molecule has 3 aromatic rings. The van der Waals surface area contributed by atoms with Crippen LogP contribution in [0.25, 0.3) is 0 Å². The van der Waals surface area contributed by atoms with Gasteiger partial charge in [-0.05, 0) is 29.8 Å². The number of halogens is 1. The van der Waals surface area contributed by atoms with Gasteiger partial charge in [0.1, 0.15) is 5.69 Å². The summed E-state index contributed by atoms with van der Waals surface area (Å²) in [6.07, 6.45) is 3.30. The van der Waals surface area contributed by atoms with E-state index in [1.54, 1.807) is 24.0 Å². The highest BCUT2D eigenvalue weighted by atomic mass is 35.5. The third kappa shape index (κ3) is 3.15. The summed E-state index contributed by atoms with van der Waals surface area (Å²) in [5, 5.41) is 14.7. The lowest BCUT2D eigenvalue weighted by Gasteiger charge is -2.02. The van der Waals surface area contributed by atoms with Crippen molar-refractivity contribution in [3.8, 4) is 0 Å². The highest BCUT2D eigenvalue weighted by Crippen LogP contribution is 2.13. The Morgan fingerprint density at radius 2 is 2.09 bits per heavy atom. The molecule has 1 amide bonds. The van der Waals surface area contributed by atoms with Crippen molar-refractivity contribution >= 4 is 23.2 Å². The molecule has 0 saturated heterocycles. The molecular formula is C14H12ClN5O2. The molecule has 0 unspecified atom stereocenters. The van der Waals surface area contributed by atoms with Gasteiger partial charge in [0.15, 0.2) is 5.69 Å². The lowest BCUT2D eigenvalue weighted by molar-refractivity contribution is 0.101. The number of hydrogen-bond donors (Lipinski definition) is 1. The van der Waals surface area contributed by atoms with Crippen LogP contribution in [0, 0.1) is 6.92 Å². The maximum absolute atomic E-state index is 12.0. The molecule has 0 spiro atoms. The Kier molecular flexibility index (Phi) is 3.88. The Hall–Kier alpha value is -2.67. The number of carbonyl (C=O) groups excluding carboxylic acids is 1. The highest BCUT2D eigenvalue weighted by Gasteiger charge is 2.15. The number of nitrogens with zero attached hydrogens (tertiary/aromatic N) is 4. The second-order valence-corrected chi connectivity index (χ2v) is 5.14. The van der Waals surface area contributed by atoms with E-state index in [0.717, 1.165) is 5.56 Å². The predicted molar refractivity (Wildman–Crippen MR) is 79.8 cm³/mol. The first-order valence-electron chi connectivity index (χ1n) is 6.49. The molecule has 0 atom stereocenters. The summed E-state index contributed by atoms with van der Waals surface area (Å²) in [7, 11) is 0. The van der Waals surface area contributed by atoms with Crippen molar-refractivity contribution in [3.63, 3.8) is 0 Å². The normalized spacial score (nSPS) is 10.6. The van der Waals surface area contributed by atoms with Gasteiger partial charge < -0.3 is 5.32 Å². The SMILES string of the molecule is Cc1nonc1C(=O)Nc1cnn(Cc2ccc(Cl)cc2)c1. The summed E-state index contributed by atoms with van der Waals surface area (Å²) >= 11 is 5.85. The molecule has 1 N–H and O–H groups in total. The van der Waals surface area contributed by atoms with Gasteiger partial charge >= 0.3 is 0 Å². The van der Waals surface area contributed by atoms with Crippen LogP contribution < -0.4 is 5.32 Å². The number of anilines is 1. The molecule has 2 aromatic heterocycles. The van der Waals surface area contributed by atoms with E-state index in [4.69, 9.17) is 11.6 Å². The summed E-state index contributed by atoms with van der Waals surface area (Å²) in [5.41, 5.74) is 2.22.